The molecule has 3 N–H and O–H groups in total. The zero-order valence-corrected chi connectivity index (χ0v) is 15.4. The number of hydrogen-bond donors (Lipinski definition) is 3. The third-order valence-corrected chi connectivity index (χ3v) is 5.80. The SMILES string of the molecule is C/C(NCCNc1c(F)c(F)c(CO)c(F)c1F)=C1/C(=O)CC2C1C2(C)C. The van der Waals surface area contributed by atoms with Crippen LogP contribution in [0.15, 0.2) is 11.3 Å². The number of aliphatic hydroxyl groups excluding tert-OH is 1. The number of Topliss-reactive ketones (excluding diaryl/α,β-unsaturated/α-hetero) is 1. The summed E-state index contributed by atoms with van der Waals surface area (Å²) in [6.07, 6.45) is 0.538. The Morgan fingerprint density at radius 2 is 1.70 bits per heavy atom. The Morgan fingerprint density at radius 3 is 2.22 bits per heavy atom. The number of carbonyl (C=O) groups excluding carboxylic acids is 1. The Balaban J connectivity index is 1.65. The van der Waals surface area contributed by atoms with Crippen LogP contribution >= 0.6 is 0 Å². The minimum Gasteiger partial charge on any atom is -0.391 e. The van der Waals surface area contributed by atoms with Crippen molar-refractivity contribution in [3.8, 4) is 0 Å². The fourth-order valence-electron chi connectivity index (χ4n) is 4.13. The summed E-state index contributed by atoms with van der Waals surface area (Å²) in [4.78, 5) is 12.1. The molecule has 0 radical (unpaired) electrons. The van der Waals surface area contributed by atoms with E-state index >= 15 is 0 Å². The third kappa shape index (κ3) is 3.09. The van der Waals surface area contributed by atoms with Crippen molar-refractivity contribution in [2.75, 3.05) is 18.4 Å². The maximum atomic E-state index is 13.9. The Kier molecular flexibility index (Phi) is 4.96. The van der Waals surface area contributed by atoms with Gasteiger partial charge in [-0.15, -0.1) is 0 Å². The predicted octanol–water partition coefficient (Wildman–Crippen LogP) is 3.26. The smallest absolute Gasteiger partial charge is 0.185 e. The summed E-state index contributed by atoms with van der Waals surface area (Å²) in [6, 6.07) is 0. The van der Waals surface area contributed by atoms with Gasteiger partial charge in [0.05, 0.1) is 12.2 Å². The zero-order chi connectivity index (χ0) is 20.1. The predicted molar refractivity (Wildman–Crippen MR) is 91.8 cm³/mol. The maximum Gasteiger partial charge on any atom is 0.185 e. The summed E-state index contributed by atoms with van der Waals surface area (Å²) in [6.45, 7) is 5.04. The van der Waals surface area contributed by atoms with Gasteiger partial charge in [-0.3, -0.25) is 4.79 Å². The molecule has 0 aromatic heterocycles. The van der Waals surface area contributed by atoms with E-state index in [0.29, 0.717) is 18.0 Å². The van der Waals surface area contributed by atoms with Crippen LogP contribution in [-0.2, 0) is 11.4 Å². The molecule has 8 heteroatoms. The molecule has 27 heavy (non-hydrogen) atoms. The second-order valence-corrected chi connectivity index (χ2v) is 7.69. The number of nitrogens with one attached hydrogen (secondary N) is 2. The quantitative estimate of drug-likeness (QED) is 0.304. The number of carbonyl (C=O) groups is 1. The monoisotopic (exact) mass is 386 g/mol. The number of aliphatic hydroxyl groups is 1. The number of ketones is 1. The second kappa shape index (κ2) is 6.82. The number of hydrogen-bond acceptors (Lipinski definition) is 4. The summed E-state index contributed by atoms with van der Waals surface area (Å²) < 4.78 is 55.1. The van der Waals surface area contributed by atoms with Gasteiger partial charge in [0.1, 0.15) is 5.69 Å². The molecular weight excluding hydrogens is 364 g/mol. The molecule has 2 atom stereocenters. The fraction of sp³-hybridized carbons (Fsp3) is 0.526. The number of halogens is 4. The first kappa shape index (κ1) is 19.7. The van der Waals surface area contributed by atoms with Crippen molar-refractivity contribution in [2.24, 2.45) is 17.3 Å². The molecule has 0 aliphatic heterocycles. The first-order valence-corrected chi connectivity index (χ1v) is 8.80. The van der Waals surface area contributed by atoms with Gasteiger partial charge in [0.2, 0.25) is 0 Å². The lowest BCUT2D eigenvalue weighted by molar-refractivity contribution is -0.115. The normalized spacial score (nSPS) is 24.7. The highest BCUT2D eigenvalue weighted by Gasteiger charge is 2.65. The van der Waals surface area contributed by atoms with Crippen molar-refractivity contribution in [1.29, 1.82) is 0 Å². The molecule has 2 fully saturated rings. The lowest BCUT2D eigenvalue weighted by Gasteiger charge is -2.16. The minimum absolute atomic E-state index is 0.0263. The van der Waals surface area contributed by atoms with E-state index in [9.17, 15) is 22.4 Å². The molecule has 1 aromatic carbocycles. The Bertz CT molecular complexity index is 806. The number of fused-ring (bicyclic) bond motifs is 1. The lowest BCUT2D eigenvalue weighted by Crippen LogP contribution is -2.24. The van der Waals surface area contributed by atoms with Gasteiger partial charge < -0.3 is 15.7 Å². The molecule has 0 amide bonds. The summed E-state index contributed by atoms with van der Waals surface area (Å²) in [5, 5.41) is 14.2. The number of allylic oxidation sites excluding steroid dienone is 2. The van der Waals surface area contributed by atoms with E-state index in [1.54, 1.807) is 6.92 Å². The molecule has 2 aliphatic carbocycles. The van der Waals surface area contributed by atoms with Crippen molar-refractivity contribution >= 4 is 11.5 Å². The summed E-state index contributed by atoms with van der Waals surface area (Å²) in [5.74, 6) is -5.69. The molecule has 0 spiro atoms. The molecule has 3 rings (SSSR count). The first-order valence-electron chi connectivity index (χ1n) is 8.80. The molecule has 1 aromatic rings. The molecule has 0 heterocycles. The van der Waals surface area contributed by atoms with Gasteiger partial charge in [-0.1, -0.05) is 13.8 Å². The van der Waals surface area contributed by atoms with E-state index in [0.717, 1.165) is 5.57 Å². The van der Waals surface area contributed by atoms with Crippen LogP contribution in [0.3, 0.4) is 0 Å². The Hall–Kier alpha value is -2.09. The van der Waals surface area contributed by atoms with Crippen molar-refractivity contribution in [2.45, 2.75) is 33.8 Å². The van der Waals surface area contributed by atoms with E-state index in [1.807, 2.05) is 0 Å². The van der Waals surface area contributed by atoms with Crippen LogP contribution in [0.4, 0.5) is 23.2 Å². The largest absolute Gasteiger partial charge is 0.391 e. The van der Waals surface area contributed by atoms with Crippen molar-refractivity contribution in [3.05, 3.63) is 40.1 Å². The topological polar surface area (TPSA) is 61.4 Å². The van der Waals surface area contributed by atoms with Gasteiger partial charge in [-0.25, -0.2) is 17.6 Å². The van der Waals surface area contributed by atoms with Gasteiger partial charge in [0, 0.05) is 30.8 Å². The zero-order valence-electron chi connectivity index (χ0n) is 15.4. The molecule has 4 nitrogen and oxygen atoms in total. The highest BCUT2D eigenvalue weighted by atomic mass is 19.2. The molecule has 0 saturated heterocycles. The van der Waals surface area contributed by atoms with Crippen LogP contribution < -0.4 is 10.6 Å². The van der Waals surface area contributed by atoms with E-state index in [1.165, 1.54) is 0 Å². The van der Waals surface area contributed by atoms with Crippen molar-refractivity contribution < 1.29 is 27.5 Å². The van der Waals surface area contributed by atoms with Crippen molar-refractivity contribution in [1.82, 2.24) is 5.32 Å². The number of anilines is 1. The number of rotatable bonds is 6. The summed E-state index contributed by atoms with van der Waals surface area (Å²) >= 11 is 0. The first-order chi connectivity index (χ1) is 12.6. The number of benzene rings is 1. The van der Waals surface area contributed by atoms with E-state index in [2.05, 4.69) is 24.5 Å². The maximum absolute atomic E-state index is 13.9. The van der Waals surface area contributed by atoms with Gasteiger partial charge in [0.15, 0.2) is 29.1 Å². The van der Waals surface area contributed by atoms with Crippen LogP contribution in [0.2, 0.25) is 0 Å². The van der Waals surface area contributed by atoms with Crippen molar-refractivity contribution in [3.63, 3.8) is 0 Å². The standard InChI is InChI=1S/C19H22F4N2O2/c1-8(12-11(27)6-10-13(12)19(10,2)3)24-4-5-25-18-16(22)14(20)9(7-26)15(21)17(18)23/h10,13,24-26H,4-7H2,1-3H3/b12-8+. The van der Waals surface area contributed by atoms with Crippen LogP contribution in [-0.4, -0.2) is 24.0 Å². The van der Waals surface area contributed by atoms with E-state index in [-0.39, 0.29) is 30.2 Å². The average Bonchev–Trinajstić information content (AvgIpc) is 2.95. The van der Waals surface area contributed by atoms with Gasteiger partial charge in [-0.2, -0.15) is 0 Å². The summed E-state index contributed by atoms with van der Waals surface area (Å²) in [7, 11) is 0. The Labute approximate surface area is 154 Å². The summed E-state index contributed by atoms with van der Waals surface area (Å²) in [5.41, 5.74) is -0.369. The second-order valence-electron chi connectivity index (χ2n) is 7.69. The molecule has 2 saturated carbocycles. The molecule has 0 bridgehead atoms. The Morgan fingerprint density at radius 1 is 1.11 bits per heavy atom. The van der Waals surface area contributed by atoms with Crippen LogP contribution in [0.5, 0.6) is 0 Å². The van der Waals surface area contributed by atoms with Gasteiger partial charge in [-0.05, 0) is 24.2 Å². The van der Waals surface area contributed by atoms with Gasteiger partial charge in [0.25, 0.3) is 0 Å². The third-order valence-electron chi connectivity index (χ3n) is 5.80. The van der Waals surface area contributed by atoms with Crippen LogP contribution in [0.25, 0.3) is 0 Å². The lowest BCUT2D eigenvalue weighted by atomic mass is 9.95. The molecule has 148 valence electrons. The molecule has 2 aliphatic rings. The fourth-order valence-corrected chi connectivity index (χ4v) is 4.13. The van der Waals surface area contributed by atoms with Gasteiger partial charge >= 0.3 is 0 Å². The molecule has 2 unspecified atom stereocenters. The van der Waals surface area contributed by atoms with Crippen LogP contribution in [0.1, 0.15) is 32.8 Å². The molecular formula is C19H22F4N2O2. The minimum atomic E-state index is -1.62. The highest BCUT2D eigenvalue weighted by molar-refractivity contribution is 6.01. The highest BCUT2D eigenvalue weighted by Crippen LogP contribution is 2.68. The average molecular weight is 386 g/mol. The van der Waals surface area contributed by atoms with Crippen LogP contribution in [0, 0.1) is 40.5 Å². The van der Waals surface area contributed by atoms with E-state index in [4.69, 9.17) is 5.11 Å². The van der Waals surface area contributed by atoms with E-state index < -0.39 is 41.1 Å².